The maximum Gasteiger partial charge on any atom is 0.270 e. The summed E-state index contributed by atoms with van der Waals surface area (Å²) < 4.78 is 0. The molecule has 1 amide bonds. The minimum atomic E-state index is -0.537. The van der Waals surface area contributed by atoms with Crippen LogP contribution >= 0.6 is 22.9 Å². The van der Waals surface area contributed by atoms with Gasteiger partial charge in [-0.15, -0.1) is 11.3 Å². The number of carbonyl (C=O) groups excluding carboxylic acids is 1. The van der Waals surface area contributed by atoms with Gasteiger partial charge >= 0.3 is 0 Å². The highest BCUT2D eigenvalue weighted by molar-refractivity contribution is 7.09. The number of thiazole rings is 1. The van der Waals surface area contributed by atoms with Crippen LogP contribution in [0.15, 0.2) is 23.6 Å². The fourth-order valence-electron chi connectivity index (χ4n) is 3.03. The van der Waals surface area contributed by atoms with Crippen molar-refractivity contribution in [2.24, 2.45) is 0 Å². The molecule has 1 aliphatic rings. The number of aromatic nitrogens is 1. The van der Waals surface area contributed by atoms with E-state index in [-0.39, 0.29) is 22.2 Å². The number of hydrogen-bond acceptors (Lipinski definition) is 5. The molecule has 3 rings (SSSR count). The standard InChI is InChI=1S/C16H16ClN3O3S/c1-10-9-24-15(18-10)16(6-2-3-7-16)19-14(21)12-5-4-11(20(22)23)8-13(12)17/h4-5,8-9H,2-3,6-7H2,1H3,(H,19,21). The number of non-ortho nitro benzene ring substituents is 1. The van der Waals surface area contributed by atoms with E-state index in [4.69, 9.17) is 11.6 Å². The van der Waals surface area contributed by atoms with Crippen LogP contribution in [0.2, 0.25) is 5.02 Å². The van der Waals surface area contributed by atoms with Crippen LogP contribution in [0.25, 0.3) is 0 Å². The summed E-state index contributed by atoms with van der Waals surface area (Å²) in [6, 6.07) is 3.88. The van der Waals surface area contributed by atoms with E-state index in [1.165, 1.54) is 18.2 Å². The van der Waals surface area contributed by atoms with Gasteiger partial charge in [0.25, 0.3) is 11.6 Å². The van der Waals surface area contributed by atoms with Gasteiger partial charge in [-0.3, -0.25) is 14.9 Å². The highest BCUT2D eigenvalue weighted by atomic mass is 35.5. The molecule has 1 aromatic carbocycles. The summed E-state index contributed by atoms with van der Waals surface area (Å²) in [5.41, 5.74) is 0.564. The summed E-state index contributed by atoms with van der Waals surface area (Å²) in [5, 5.41) is 16.8. The van der Waals surface area contributed by atoms with E-state index in [0.717, 1.165) is 36.4 Å². The van der Waals surface area contributed by atoms with E-state index in [1.54, 1.807) is 11.3 Å². The van der Waals surface area contributed by atoms with E-state index in [1.807, 2.05) is 12.3 Å². The highest BCUT2D eigenvalue weighted by Crippen LogP contribution is 2.40. The molecule has 6 nitrogen and oxygen atoms in total. The summed E-state index contributed by atoms with van der Waals surface area (Å²) in [6.07, 6.45) is 3.70. The normalized spacial score (nSPS) is 16.1. The number of nitrogens with zero attached hydrogens (tertiary/aromatic N) is 2. The minimum Gasteiger partial charge on any atom is -0.340 e. The third kappa shape index (κ3) is 3.14. The largest absolute Gasteiger partial charge is 0.340 e. The molecule has 0 aliphatic heterocycles. The Morgan fingerprint density at radius 2 is 2.12 bits per heavy atom. The Labute approximate surface area is 148 Å². The van der Waals surface area contributed by atoms with Crippen molar-refractivity contribution >= 4 is 34.5 Å². The molecule has 0 spiro atoms. The van der Waals surface area contributed by atoms with Crippen molar-refractivity contribution in [3.05, 3.63) is 55.0 Å². The molecule has 0 atom stereocenters. The number of amides is 1. The van der Waals surface area contributed by atoms with Gasteiger partial charge in [0.15, 0.2) is 0 Å². The summed E-state index contributed by atoms with van der Waals surface area (Å²) in [7, 11) is 0. The van der Waals surface area contributed by atoms with Crippen molar-refractivity contribution < 1.29 is 9.72 Å². The molecule has 1 saturated carbocycles. The van der Waals surface area contributed by atoms with E-state index < -0.39 is 10.5 Å². The van der Waals surface area contributed by atoms with Crippen molar-refractivity contribution in [3.8, 4) is 0 Å². The van der Waals surface area contributed by atoms with Crippen molar-refractivity contribution in [1.29, 1.82) is 0 Å². The fraction of sp³-hybridized carbons (Fsp3) is 0.375. The number of halogens is 1. The molecule has 1 aromatic heterocycles. The Balaban J connectivity index is 1.88. The number of nitro groups is 1. The smallest absolute Gasteiger partial charge is 0.270 e. The van der Waals surface area contributed by atoms with Gasteiger partial charge in [-0.25, -0.2) is 4.98 Å². The molecule has 24 heavy (non-hydrogen) atoms. The van der Waals surface area contributed by atoms with Crippen LogP contribution < -0.4 is 5.32 Å². The number of nitro benzene ring substituents is 1. The molecule has 0 radical (unpaired) electrons. The van der Waals surface area contributed by atoms with Gasteiger partial charge < -0.3 is 5.32 Å². The van der Waals surface area contributed by atoms with Crippen LogP contribution in [0.3, 0.4) is 0 Å². The van der Waals surface area contributed by atoms with Gasteiger partial charge in [-0.1, -0.05) is 24.4 Å². The number of aryl methyl sites for hydroxylation is 1. The summed E-state index contributed by atoms with van der Waals surface area (Å²) in [6.45, 7) is 1.93. The number of rotatable bonds is 4. The number of carbonyl (C=O) groups is 1. The fourth-order valence-corrected chi connectivity index (χ4v) is 4.30. The van der Waals surface area contributed by atoms with Crippen LogP contribution in [-0.2, 0) is 5.54 Å². The van der Waals surface area contributed by atoms with Gasteiger partial charge in [-0.05, 0) is 25.8 Å². The highest BCUT2D eigenvalue weighted by Gasteiger charge is 2.40. The first-order valence-corrected chi connectivity index (χ1v) is 8.86. The number of nitrogens with one attached hydrogen (secondary N) is 1. The predicted molar refractivity (Wildman–Crippen MR) is 92.6 cm³/mol. The average Bonchev–Trinajstić information content (AvgIpc) is 3.17. The summed E-state index contributed by atoms with van der Waals surface area (Å²) in [4.78, 5) is 27.5. The van der Waals surface area contributed by atoms with Crippen LogP contribution in [0.1, 0.15) is 46.7 Å². The van der Waals surface area contributed by atoms with E-state index in [0.29, 0.717) is 0 Å². The first kappa shape index (κ1) is 16.9. The molecule has 0 unspecified atom stereocenters. The lowest BCUT2D eigenvalue weighted by Gasteiger charge is -2.28. The maximum atomic E-state index is 12.7. The van der Waals surface area contributed by atoms with Crippen LogP contribution in [0.4, 0.5) is 5.69 Å². The zero-order valence-electron chi connectivity index (χ0n) is 13.0. The number of hydrogen-bond donors (Lipinski definition) is 1. The Kier molecular flexibility index (Phi) is 4.56. The second-order valence-electron chi connectivity index (χ2n) is 5.96. The minimum absolute atomic E-state index is 0.0742. The molecule has 1 aliphatic carbocycles. The molecule has 0 saturated heterocycles. The lowest BCUT2D eigenvalue weighted by molar-refractivity contribution is -0.384. The van der Waals surface area contributed by atoms with Crippen molar-refractivity contribution in [1.82, 2.24) is 10.3 Å². The molecule has 8 heteroatoms. The Bertz CT molecular complexity index is 800. The molecule has 1 N–H and O–H groups in total. The molecule has 1 heterocycles. The van der Waals surface area contributed by atoms with Gasteiger partial charge in [0.05, 0.1) is 21.0 Å². The van der Waals surface area contributed by atoms with Crippen LogP contribution in [0, 0.1) is 17.0 Å². The van der Waals surface area contributed by atoms with Crippen LogP contribution in [-0.4, -0.2) is 15.8 Å². The van der Waals surface area contributed by atoms with Crippen molar-refractivity contribution in [3.63, 3.8) is 0 Å². The quantitative estimate of drug-likeness (QED) is 0.649. The third-order valence-electron chi connectivity index (χ3n) is 4.25. The third-order valence-corrected chi connectivity index (χ3v) is 5.72. The van der Waals surface area contributed by atoms with Crippen molar-refractivity contribution in [2.45, 2.75) is 38.1 Å². The van der Waals surface area contributed by atoms with E-state index >= 15 is 0 Å². The van der Waals surface area contributed by atoms with Crippen molar-refractivity contribution in [2.75, 3.05) is 0 Å². The molecular formula is C16H16ClN3O3S. The average molecular weight is 366 g/mol. The van der Waals surface area contributed by atoms with Gasteiger partial charge in [0, 0.05) is 23.2 Å². The predicted octanol–water partition coefficient (Wildman–Crippen LogP) is 4.21. The Hall–Kier alpha value is -1.99. The maximum absolute atomic E-state index is 12.7. The second-order valence-corrected chi connectivity index (χ2v) is 7.22. The molecule has 126 valence electrons. The topological polar surface area (TPSA) is 85.1 Å². The SMILES string of the molecule is Cc1csc(C2(NC(=O)c3ccc([N+](=O)[O-])cc3Cl)CCCC2)n1. The van der Waals surface area contributed by atoms with Crippen LogP contribution in [0.5, 0.6) is 0 Å². The molecule has 2 aromatic rings. The Morgan fingerprint density at radius 1 is 1.42 bits per heavy atom. The molecule has 1 fully saturated rings. The molecular weight excluding hydrogens is 350 g/mol. The lowest BCUT2D eigenvalue weighted by Crippen LogP contribution is -2.43. The van der Waals surface area contributed by atoms with Gasteiger partial charge in [0.2, 0.25) is 0 Å². The second kappa shape index (κ2) is 6.49. The first-order chi connectivity index (χ1) is 11.4. The van der Waals surface area contributed by atoms with E-state index in [9.17, 15) is 14.9 Å². The first-order valence-electron chi connectivity index (χ1n) is 7.60. The zero-order chi connectivity index (χ0) is 17.3. The molecule has 0 bridgehead atoms. The monoisotopic (exact) mass is 365 g/mol. The van der Waals surface area contributed by atoms with E-state index in [2.05, 4.69) is 10.3 Å². The summed E-state index contributed by atoms with van der Waals surface area (Å²) in [5.74, 6) is -0.329. The Morgan fingerprint density at radius 3 is 2.67 bits per heavy atom. The van der Waals surface area contributed by atoms with Gasteiger partial charge in [0.1, 0.15) is 5.01 Å². The zero-order valence-corrected chi connectivity index (χ0v) is 14.6. The lowest BCUT2D eigenvalue weighted by atomic mass is 9.97. The number of benzene rings is 1. The summed E-state index contributed by atoms with van der Waals surface area (Å²) >= 11 is 7.62. The van der Waals surface area contributed by atoms with Gasteiger partial charge in [-0.2, -0.15) is 0 Å².